The molecule has 0 amide bonds. The van der Waals surface area contributed by atoms with Crippen molar-refractivity contribution in [1.82, 2.24) is 15.1 Å². The van der Waals surface area contributed by atoms with Crippen LogP contribution in [0.15, 0.2) is 27.7 Å². The fourth-order valence-electron chi connectivity index (χ4n) is 1.55. The Bertz CT molecular complexity index is 666. The van der Waals surface area contributed by atoms with Gasteiger partial charge in [-0.25, -0.2) is 13.4 Å². The molecule has 2 aromatic rings. The molecule has 7 nitrogen and oxygen atoms in total. The van der Waals surface area contributed by atoms with E-state index in [4.69, 9.17) is 4.52 Å². The zero-order valence-corrected chi connectivity index (χ0v) is 11.4. The maximum absolute atomic E-state index is 11.6. The van der Waals surface area contributed by atoms with Crippen LogP contribution >= 0.6 is 0 Å². The second-order valence-electron chi connectivity index (χ2n) is 4.03. The monoisotopic (exact) mass is 282 g/mol. The molecule has 0 unspecified atom stereocenters. The second kappa shape index (κ2) is 5.35. The van der Waals surface area contributed by atoms with Gasteiger partial charge in [-0.2, -0.15) is 4.98 Å². The predicted octanol–water partition coefficient (Wildman–Crippen LogP) is 0.831. The molecule has 1 N–H and O–H groups in total. The number of hydrogen-bond donors (Lipinski definition) is 1. The van der Waals surface area contributed by atoms with Crippen LogP contribution in [0.1, 0.15) is 11.7 Å². The van der Waals surface area contributed by atoms with E-state index in [1.165, 1.54) is 12.3 Å². The first kappa shape index (κ1) is 13.5. The van der Waals surface area contributed by atoms with Crippen LogP contribution in [0, 0.1) is 6.92 Å². The van der Waals surface area contributed by atoms with E-state index in [2.05, 4.69) is 20.4 Å². The SMILES string of the molecule is Cc1noc(CCNc2ncccc2S(C)(=O)=O)n1. The zero-order valence-electron chi connectivity index (χ0n) is 10.6. The Morgan fingerprint density at radius 2 is 2.21 bits per heavy atom. The van der Waals surface area contributed by atoms with Gasteiger partial charge < -0.3 is 9.84 Å². The first-order chi connectivity index (χ1) is 8.97. The highest BCUT2D eigenvalue weighted by molar-refractivity contribution is 7.90. The van der Waals surface area contributed by atoms with Crippen molar-refractivity contribution >= 4 is 15.7 Å². The third-order valence-electron chi connectivity index (χ3n) is 2.37. The molecule has 0 spiro atoms. The molecule has 0 saturated carbocycles. The van der Waals surface area contributed by atoms with E-state index in [-0.39, 0.29) is 4.90 Å². The van der Waals surface area contributed by atoms with Gasteiger partial charge in [0.25, 0.3) is 0 Å². The third-order valence-corrected chi connectivity index (χ3v) is 3.50. The minimum Gasteiger partial charge on any atom is -0.368 e. The normalized spacial score (nSPS) is 11.5. The molecule has 8 heteroatoms. The summed E-state index contributed by atoms with van der Waals surface area (Å²) in [6, 6.07) is 3.10. The van der Waals surface area contributed by atoms with E-state index in [0.717, 1.165) is 6.26 Å². The van der Waals surface area contributed by atoms with E-state index < -0.39 is 9.84 Å². The van der Waals surface area contributed by atoms with Crippen LogP contribution in [0.25, 0.3) is 0 Å². The molecule has 19 heavy (non-hydrogen) atoms. The summed E-state index contributed by atoms with van der Waals surface area (Å²) in [5.41, 5.74) is 0. The van der Waals surface area contributed by atoms with Crippen molar-refractivity contribution in [2.24, 2.45) is 0 Å². The highest BCUT2D eigenvalue weighted by Gasteiger charge is 2.13. The molecule has 102 valence electrons. The average molecular weight is 282 g/mol. The maximum Gasteiger partial charge on any atom is 0.228 e. The summed E-state index contributed by atoms with van der Waals surface area (Å²) in [5.74, 6) is 1.41. The topological polar surface area (TPSA) is 98.0 Å². The summed E-state index contributed by atoms with van der Waals surface area (Å²) in [6.07, 6.45) is 3.19. The van der Waals surface area contributed by atoms with Crippen molar-refractivity contribution in [2.75, 3.05) is 18.1 Å². The van der Waals surface area contributed by atoms with Crippen molar-refractivity contribution in [3.63, 3.8) is 0 Å². The van der Waals surface area contributed by atoms with Crippen molar-refractivity contribution < 1.29 is 12.9 Å². The van der Waals surface area contributed by atoms with Gasteiger partial charge in [-0.05, 0) is 19.1 Å². The van der Waals surface area contributed by atoms with Gasteiger partial charge in [0.2, 0.25) is 5.89 Å². The van der Waals surface area contributed by atoms with Crippen LogP contribution in [0.4, 0.5) is 5.82 Å². The zero-order chi connectivity index (χ0) is 13.9. The van der Waals surface area contributed by atoms with Crippen LogP contribution in [0.2, 0.25) is 0 Å². The quantitative estimate of drug-likeness (QED) is 0.867. The van der Waals surface area contributed by atoms with Gasteiger partial charge in [0, 0.05) is 25.4 Å². The van der Waals surface area contributed by atoms with Gasteiger partial charge in [-0.15, -0.1) is 0 Å². The molecular weight excluding hydrogens is 268 g/mol. The van der Waals surface area contributed by atoms with E-state index in [1.54, 1.807) is 13.0 Å². The Labute approximate surface area is 111 Å². The van der Waals surface area contributed by atoms with Gasteiger partial charge >= 0.3 is 0 Å². The standard InChI is InChI=1S/C11H14N4O3S/c1-8-14-10(18-15-8)5-7-13-11-9(19(2,16)17)4-3-6-12-11/h3-4,6H,5,7H2,1-2H3,(H,12,13). The number of hydrogen-bond acceptors (Lipinski definition) is 7. The molecule has 0 aromatic carbocycles. The summed E-state index contributed by atoms with van der Waals surface area (Å²) >= 11 is 0. The molecule has 2 rings (SSSR count). The number of pyridine rings is 1. The van der Waals surface area contributed by atoms with Crippen LogP contribution in [-0.2, 0) is 16.3 Å². The summed E-state index contributed by atoms with van der Waals surface area (Å²) in [6.45, 7) is 2.20. The fraction of sp³-hybridized carbons (Fsp3) is 0.364. The van der Waals surface area contributed by atoms with Crippen LogP contribution in [-0.4, -0.2) is 36.3 Å². The van der Waals surface area contributed by atoms with Gasteiger partial charge in [0.1, 0.15) is 10.7 Å². The lowest BCUT2D eigenvalue weighted by Crippen LogP contribution is -2.10. The minimum atomic E-state index is -3.30. The smallest absolute Gasteiger partial charge is 0.228 e. The first-order valence-electron chi connectivity index (χ1n) is 5.65. The molecular formula is C11H14N4O3S. The molecule has 0 aliphatic heterocycles. The number of anilines is 1. The van der Waals surface area contributed by atoms with Crippen LogP contribution < -0.4 is 5.32 Å². The lowest BCUT2D eigenvalue weighted by Gasteiger charge is -2.08. The number of nitrogens with one attached hydrogen (secondary N) is 1. The van der Waals surface area contributed by atoms with Crippen molar-refractivity contribution in [3.8, 4) is 0 Å². The molecule has 0 radical (unpaired) electrons. The summed E-state index contributed by atoms with van der Waals surface area (Å²) in [4.78, 5) is 8.26. The maximum atomic E-state index is 11.6. The summed E-state index contributed by atoms with van der Waals surface area (Å²) in [5, 5.41) is 6.63. The molecule has 2 aromatic heterocycles. The predicted molar refractivity (Wildman–Crippen MR) is 68.6 cm³/mol. The molecule has 0 saturated heterocycles. The van der Waals surface area contributed by atoms with Crippen LogP contribution in [0.3, 0.4) is 0 Å². The highest BCUT2D eigenvalue weighted by atomic mass is 32.2. The van der Waals surface area contributed by atoms with Crippen molar-refractivity contribution in [3.05, 3.63) is 30.0 Å². The Balaban J connectivity index is 2.04. The van der Waals surface area contributed by atoms with Gasteiger partial charge in [-0.1, -0.05) is 5.16 Å². The Morgan fingerprint density at radius 3 is 2.84 bits per heavy atom. The molecule has 0 bridgehead atoms. The minimum absolute atomic E-state index is 0.178. The third kappa shape index (κ3) is 3.50. The molecule has 0 aliphatic rings. The lowest BCUT2D eigenvalue weighted by atomic mass is 10.4. The highest BCUT2D eigenvalue weighted by Crippen LogP contribution is 2.17. The lowest BCUT2D eigenvalue weighted by molar-refractivity contribution is 0.377. The van der Waals surface area contributed by atoms with E-state index in [9.17, 15) is 8.42 Å². The van der Waals surface area contributed by atoms with E-state index in [0.29, 0.717) is 30.5 Å². The number of aryl methyl sites for hydroxylation is 1. The van der Waals surface area contributed by atoms with Crippen molar-refractivity contribution in [2.45, 2.75) is 18.2 Å². The number of rotatable bonds is 5. The van der Waals surface area contributed by atoms with E-state index >= 15 is 0 Å². The Hall–Kier alpha value is -1.96. The molecule has 2 heterocycles. The average Bonchev–Trinajstić information content (AvgIpc) is 2.74. The number of aromatic nitrogens is 3. The molecule has 0 fully saturated rings. The largest absolute Gasteiger partial charge is 0.368 e. The van der Waals surface area contributed by atoms with Crippen molar-refractivity contribution in [1.29, 1.82) is 0 Å². The molecule has 0 aliphatic carbocycles. The summed E-state index contributed by atoms with van der Waals surface area (Å²) in [7, 11) is -3.30. The molecule has 0 atom stereocenters. The van der Waals surface area contributed by atoms with E-state index in [1.807, 2.05) is 0 Å². The number of sulfone groups is 1. The van der Waals surface area contributed by atoms with Gasteiger partial charge in [0.15, 0.2) is 15.7 Å². The Morgan fingerprint density at radius 1 is 1.42 bits per heavy atom. The number of nitrogens with zero attached hydrogens (tertiary/aromatic N) is 3. The fourth-order valence-corrected chi connectivity index (χ4v) is 2.35. The summed E-state index contributed by atoms with van der Waals surface area (Å²) < 4.78 is 28.1. The Kier molecular flexibility index (Phi) is 3.79. The second-order valence-corrected chi connectivity index (χ2v) is 6.02. The van der Waals surface area contributed by atoms with Gasteiger partial charge in [-0.3, -0.25) is 0 Å². The van der Waals surface area contributed by atoms with Gasteiger partial charge in [0.05, 0.1) is 0 Å². The van der Waals surface area contributed by atoms with Crippen LogP contribution in [0.5, 0.6) is 0 Å². The first-order valence-corrected chi connectivity index (χ1v) is 7.54.